The van der Waals surface area contributed by atoms with Crippen LogP contribution in [0.15, 0.2) is 23.3 Å². The first-order valence-electron chi connectivity index (χ1n) is 25.3. The predicted octanol–water partition coefficient (Wildman–Crippen LogP) is 2.44. The SMILES string of the molecule is C=C(CCC(C)C1CCC2(C(=O)O)C3=C(CCC12C)C1(C)CCC(OC2OC(CO)C(O)C(OC4OCC(O)C(O)C4O)C2OC2OC(CO)C(O)C(O)C2NC(C)=O)C(C)(C)C1CC3)C(C)(C)C. The summed E-state index contributed by atoms with van der Waals surface area (Å²) in [6.45, 7) is 21.3. The van der Waals surface area contributed by atoms with Crippen LogP contribution >= 0.6 is 0 Å². The van der Waals surface area contributed by atoms with Gasteiger partial charge in [0.2, 0.25) is 5.91 Å². The summed E-state index contributed by atoms with van der Waals surface area (Å²) in [4.78, 5) is 26.4. The quantitative estimate of drug-likeness (QED) is 0.112. The minimum absolute atomic E-state index is 0.00915. The number of fused-ring (bicyclic) bond motifs is 4. The van der Waals surface area contributed by atoms with Gasteiger partial charge in [0.15, 0.2) is 18.9 Å². The Hall–Kier alpha value is -2.14. The third kappa shape index (κ3) is 9.53. The highest BCUT2D eigenvalue weighted by molar-refractivity contribution is 5.82. The fourth-order valence-corrected chi connectivity index (χ4v) is 14.4. The molecule has 18 heteroatoms. The Balaban J connectivity index is 1.20. The molecule has 3 heterocycles. The van der Waals surface area contributed by atoms with Crippen LogP contribution in [0.25, 0.3) is 0 Å². The summed E-state index contributed by atoms with van der Waals surface area (Å²) in [5, 5.41) is 100. The zero-order valence-electron chi connectivity index (χ0n) is 42.1. The second-order valence-electron chi connectivity index (χ2n) is 23.7. The summed E-state index contributed by atoms with van der Waals surface area (Å²) in [6, 6.07) is -1.43. The van der Waals surface area contributed by atoms with E-state index in [2.05, 4.69) is 67.3 Å². The molecule has 0 radical (unpaired) electrons. The molecule has 2 saturated carbocycles. The number of carbonyl (C=O) groups excluding carboxylic acids is 1. The molecule has 3 saturated heterocycles. The minimum atomic E-state index is -1.80. The number of allylic oxidation sites excluding steroid dienone is 2. The number of rotatable bonds is 14. The van der Waals surface area contributed by atoms with Crippen molar-refractivity contribution < 1.29 is 84.0 Å². The maximum Gasteiger partial charge on any atom is 0.314 e. The van der Waals surface area contributed by atoms with Crippen LogP contribution < -0.4 is 5.32 Å². The van der Waals surface area contributed by atoms with Crippen molar-refractivity contribution in [2.45, 2.75) is 219 Å². The zero-order chi connectivity index (χ0) is 50.9. The second-order valence-corrected chi connectivity index (χ2v) is 23.7. The molecule has 7 aliphatic rings. The first-order chi connectivity index (χ1) is 32.2. The monoisotopic (exact) mass is 982 g/mol. The van der Waals surface area contributed by atoms with Crippen molar-refractivity contribution in [3.05, 3.63) is 23.3 Å². The number of aliphatic carboxylic acids is 1. The number of ether oxygens (including phenoxy) is 6. The molecule has 0 aromatic carbocycles. The van der Waals surface area contributed by atoms with Gasteiger partial charge in [-0.05, 0) is 104 Å². The molecule has 1 amide bonds. The first-order valence-corrected chi connectivity index (χ1v) is 25.3. The zero-order valence-corrected chi connectivity index (χ0v) is 42.1. The summed E-state index contributed by atoms with van der Waals surface area (Å²) in [5.74, 6) is -0.753. The Bertz CT molecular complexity index is 1910. The Labute approximate surface area is 406 Å². The molecule has 10 N–H and O–H groups in total. The molecule has 69 heavy (non-hydrogen) atoms. The van der Waals surface area contributed by atoms with Gasteiger partial charge < -0.3 is 79.7 Å². The second kappa shape index (κ2) is 20.3. The number of carboxylic acid groups (broad SMARTS) is 1. The Kier molecular flexibility index (Phi) is 16.1. The highest BCUT2D eigenvalue weighted by Crippen LogP contribution is 2.73. The van der Waals surface area contributed by atoms with Crippen molar-refractivity contribution in [1.29, 1.82) is 0 Å². The number of aliphatic hydroxyl groups is 8. The fraction of sp³-hybridized carbons (Fsp3) is 0.882. The number of carbonyl (C=O) groups is 2. The van der Waals surface area contributed by atoms with Crippen LogP contribution in [0.2, 0.25) is 0 Å². The third-order valence-electron chi connectivity index (χ3n) is 18.6. The van der Waals surface area contributed by atoms with Gasteiger partial charge in [0.05, 0.1) is 31.3 Å². The summed E-state index contributed by atoms with van der Waals surface area (Å²) in [6.07, 6.45) is -13.9. The van der Waals surface area contributed by atoms with Crippen LogP contribution in [0.3, 0.4) is 0 Å². The van der Waals surface area contributed by atoms with Crippen molar-refractivity contribution in [2.24, 2.45) is 44.8 Å². The van der Waals surface area contributed by atoms with Gasteiger partial charge in [-0.25, -0.2) is 0 Å². The lowest BCUT2D eigenvalue weighted by molar-refractivity contribution is -0.389. The number of carboxylic acids is 1. The number of nitrogens with one attached hydrogen (secondary N) is 1. The first kappa shape index (κ1) is 54.6. The molecule has 0 aromatic heterocycles. The van der Waals surface area contributed by atoms with E-state index in [1.54, 1.807) is 0 Å². The normalized spacial score (nSPS) is 46.0. The molecule has 18 nitrogen and oxygen atoms in total. The number of hydrogen-bond donors (Lipinski definition) is 10. The average molecular weight is 982 g/mol. The van der Waals surface area contributed by atoms with Gasteiger partial charge in [-0.1, -0.05) is 78.7 Å². The highest BCUT2D eigenvalue weighted by atomic mass is 16.8. The molecule has 21 atom stereocenters. The van der Waals surface area contributed by atoms with Crippen LogP contribution in [0.1, 0.15) is 127 Å². The Morgan fingerprint density at radius 3 is 2.04 bits per heavy atom. The Morgan fingerprint density at radius 1 is 0.783 bits per heavy atom. The summed E-state index contributed by atoms with van der Waals surface area (Å²) < 4.78 is 37.5. The van der Waals surface area contributed by atoms with Crippen LogP contribution in [0, 0.1) is 44.8 Å². The van der Waals surface area contributed by atoms with Gasteiger partial charge in [0, 0.05) is 6.92 Å². The van der Waals surface area contributed by atoms with E-state index in [-0.39, 0.29) is 22.7 Å². The molecule has 21 unspecified atom stereocenters. The van der Waals surface area contributed by atoms with E-state index in [4.69, 9.17) is 28.4 Å². The lowest BCUT2D eigenvalue weighted by Crippen LogP contribution is -2.69. The fourth-order valence-electron chi connectivity index (χ4n) is 14.4. The van der Waals surface area contributed by atoms with E-state index < -0.39 is 140 Å². The van der Waals surface area contributed by atoms with Gasteiger partial charge in [0.25, 0.3) is 0 Å². The van der Waals surface area contributed by atoms with Crippen LogP contribution in [0.5, 0.6) is 0 Å². The average Bonchev–Trinajstić information content (AvgIpc) is 3.61. The standard InChI is InChI=1S/C51H83NO17/c1-24(11-12-25(2)47(4,5)6)27-16-20-51(46(62)63)29-13-14-33-48(7,8)34(17-18-49(33,9)28(29)15-19-50(27,51)10)67-45-42(69-43-35(52-26(3)55)39(60)37(58)31(21-53)65-43)41(38(59)32(22-54)66-45)68-44-40(61)36(57)30(56)23-64-44/h24,27,30-45,53-54,56-61H,2,11-23H2,1,3-10H3,(H,52,55)(H,62,63). The molecule has 394 valence electrons. The van der Waals surface area contributed by atoms with Crippen LogP contribution in [0.4, 0.5) is 0 Å². The van der Waals surface area contributed by atoms with Crippen LogP contribution in [-0.2, 0) is 38.0 Å². The topological polar surface area (TPSA) is 284 Å². The third-order valence-corrected chi connectivity index (χ3v) is 18.6. The number of amides is 1. The predicted molar refractivity (Wildman–Crippen MR) is 247 cm³/mol. The molecular formula is C51H83NO17. The maximum absolute atomic E-state index is 14.0. The molecular weight excluding hydrogens is 899 g/mol. The molecule has 0 bridgehead atoms. The van der Waals surface area contributed by atoms with Gasteiger partial charge >= 0.3 is 5.97 Å². The van der Waals surface area contributed by atoms with Crippen LogP contribution in [-0.4, -0.2) is 170 Å². The minimum Gasteiger partial charge on any atom is -0.481 e. The smallest absolute Gasteiger partial charge is 0.314 e. The van der Waals surface area contributed by atoms with Gasteiger partial charge in [-0.2, -0.15) is 0 Å². The van der Waals surface area contributed by atoms with Gasteiger partial charge in [-0.3, -0.25) is 9.59 Å². The summed E-state index contributed by atoms with van der Waals surface area (Å²) >= 11 is 0. The summed E-state index contributed by atoms with van der Waals surface area (Å²) in [7, 11) is 0. The van der Waals surface area contributed by atoms with Crippen molar-refractivity contribution in [2.75, 3.05) is 19.8 Å². The molecule has 0 aromatic rings. The number of aliphatic hydroxyl groups excluding tert-OH is 8. The molecule has 0 spiro atoms. The van der Waals surface area contributed by atoms with E-state index in [0.717, 1.165) is 37.7 Å². The maximum atomic E-state index is 14.0. The van der Waals surface area contributed by atoms with Crippen molar-refractivity contribution in [1.82, 2.24) is 5.32 Å². The number of hydrogen-bond acceptors (Lipinski definition) is 16. The summed E-state index contributed by atoms with van der Waals surface area (Å²) in [5.41, 5.74) is 1.22. The van der Waals surface area contributed by atoms with Gasteiger partial charge in [-0.15, -0.1) is 0 Å². The van der Waals surface area contributed by atoms with E-state index in [1.165, 1.54) is 18.1 Å². The largest absolute Gasteiger partial charge is 0.481 e. The highest BCUT2D eigenvalue weighted by Gasteiger charge is 2.69. The molecule has 5 fully saturated rings. The van der Waals surface area contributed by atoms with E-state index in [9.17, 15) is 55.5 Å². The van der Waals surface area contributed by atoms with E-state index >= 15 is 0 Å². The lowest BCUT2D eigenvalue weighted by Gasteiger charge is -2.62. The van der Waals surface area contributed by atoms with Gasteiger partial charge in [0.1, 0.15) is 67.1 Å². The Morgan fingerprint density at radius 2 is 1.42 bits per heavy atom. The van der Waals surface area contributed by atoms with Crippen molar-refractivity contribution >= 4 is 11.9 Å². The molecule has 7 rings (SSSR count). The van der Waals surface area contributed by atoms with E-state index in [1.807, 2.05) is 0 Å². The molecule has 4 aliphatic carbocycles. The van der Waals surface area contributed by atoms with E-state index in [0.29, 0.717) is 38.0 Å². The lowest BCUT2D eigenvalue weighted by atomic mass is 9.43. The van der Waals surface area contributed by atoms with Crippen molar-refractivity contribution in [3.63, 3.8) is 0 Å². The molecule has 3 aliphatic heterocycles. The van der Waals surface area contributed by atoms with Crippen molar-refractivity contribution in [3.8, 4) is 0 Å².